The van der Waals surface area contributed by atoms with E-state index in [9.17, 15) is 56.1 Å². The standard InChI is InChI=1S/C10H13N5O6.C7H6N2O4.C4H11N3O2.C4H11N.N2O2/c1-3-12(4-2)15(20)11-21-10-6-5-8(13(16)17)7-9(10)14(18)19;1-5-2-3-6(8(10)11)4-7(5)9(12)13;1-3-6(4-2)7(9)5-8;1-3-5-4-2;3-1-2-4/h5-7H,3-4H2,1-2H3;2-4H,1H3;8H,3-4H2,1-2H3;5H,3-4H2,1-2H3;/p-1/b15-11-;;7-5-;;. The Labute approximate surface area is 295 Å². The molecular weight excluding hydrogens is 706 g/mol. The van der Waals surface area contributed by atoms with Gasteiger partial charge in [0, 0.05) is 22.7 Å². The van der Waals surface area contributed by atoms with Crippen LogP contribution in [0.2, 0.25) is 0 Å². The van der Waals surface area contributed by atoms with Crippen LogP contribution in [0.3, 0.4) is 0 Å². The molecule has 0 aliphatic heterocycles. The number of hydrogen-bond acceptors (Lipinski definition) is 17. The molecule has 52 heavy (non-hydrogen) atoms. The number of aryl methyl sites for hydroxylation is 1. The van der Waals surface area contributed by atoms with Crippen molar-refractivity contribution in [1.82, 2.24) is 15.3 Å². The molecule has 0 amide bonds. The van der Waals surface area contributed by atoms with Crippen LogP contribution in [0.15, 0.2) is 57.5 Å². The van der Waals surface area contributed by atoms with Crippen LogP contribution in [0.4, 0.5) is 22.7 Å². The van der Waals surface area contributed by atoms with Crippen molar-refractivity contribution in [3.63, 3.8) is 0 Å². The Morgan fingerprint density at radius 1 is 0.635 bits per heavy atom. The second-order valence-electron chi connectivity index (χ2n) is 8.81. The zero-order valence-electron chi connectivity index (χ0n) is 29.3. The molecule has 2 aromatic carbocycles. The molecule has 0 heterocycles. The summed E-state index contributed by atoms with van der Waals surface area (Å²) in [7, 11) is 0. The quantitative estimate of drug-likeness (QED) is 0.0763. The molecule has 2 aromatic rings. The fraction of sp³-hybridized carbons (Fsp3) is 0.520. The van der Waals surface area contributed by atoms with Gasteiger partial charge >= 0.3 is 5.69 Å². The largest absolute Gasteiger partial charge is 0.737 e. The Balaban J connectivity index is -0.000000659. The molecule has 2 rings (SSSR count). The van der Waals surface area contributed by atoms with Crippen LogP contribution < -0.4 is 10.2 Å². The Morgan fingerprint density at radius 2 is 1.04 bits per heavy atom. The van der Waals surface area contributed by atoms with E-state index in [4.69, 9.17) is 14.7 Å². The number of hydrogen-bond donors (Lipinski definition) is 1. The number of nitro groups is 4. The van der Waals surface area contributed by atoms with E-state index < -0.39 is 31.1 Å². The number of benzene rings is 2. The number of nitroso groups, excluding NO2 is 2. The number of non-ortho nitro benzene ring substituents is 2. The topological polar surface area (TPSA) is 359 Å². The monoisotopic (exact) mass is 746 g/mol. The van der Waals surface area contributed by atoms with E-state index in [1.54, 1.807) is 38.3 Å². The van der Waals surface area contributed by atoms with Gasteiger partial charge in [0.2, 0.25) is 11.0 Å². The van der Waals surface area contributed by atoms with Gasteiger partial charge in [-0.05, 0) is 65.1 Å². The van der Waals surface area contributed by atoms with Crippen LogP contribution >= 0.6 is 0 Å². The summed E-state index contributed by atoms with van der Waals surface area (Å²) in [6.07, 6.45) is 0. The molecule has 0 aliphatic carbocycles. The van der Waals surface area contributed by atoms with Crippen molar-refractivity contribution in [3.8, 4) is 5.75 Å². The maximum absolute atomic E-state index is 11.5. The summed E-state index contributed by atoms with van der Waals surface area (Å²) in [5.74, 6) is -0.362. The van der Waals surface area contributed by atoms with Gasteiger partial charge in [0.1, 0.15) is 10.6 Å². The minimum atomic E-state index is -0.857. The highest BCUT2D eigenvalue weighted by Gasteiger charge is 2.22. The molecule has 27 heteroatoms. The van der Waals surface area contributed by atoms with Crippen molar-refractivity contribution in [2.24, 2.45) is 21.1 Å². The first kappa shape index (κ1) is 49.6. The van der Waals surface area contributed by atoms with Gasteiger partial charge in [-0.25, -0.2) is 0 Å². The second-order valence-corrected chi connectivity index (χ2v) is 8.81. The maximum atomic E-state index is 11.5. The van der Waals surface area contributed by atoms with Crippen molar-refractivity contribution >= 4 is 22.7 Å². The first-order valence-electron chi connectivity index (χ1n) is 14.8. The fourth-order valence-electron chi connectivity index (χ4n) is 3.11. The maximum Gasteiger partial charge on any atom is 0.321 e. The summed E-state index contributed by atoms with van der Waals surface area (Å²) >= 11 is 0. The summed E-state index contributed by atoms with van der Waals surface area (Å²) in [5.41, 5.74) is -1.19. The van der Waals surface area contributed by atoms with E-state index in [0.29, 0.717) is 31.7 Å². The number of nitrogens with one attached hydrogen (secondary N) is 1. The lowest BCUT2D eigenvalue weighted by Crippen LogP contribution is -2.30. The fourth-order valence-corrected chi connectivity index (χ4v) is 3.11. The van der Waals surface area contributed by atoms with Gasteiger partial charge < -0.3 is 20.9 Å². The number of nitrogens with zero attached hydrogens (tertiary/aromatic N) is 12. The highest BCUT2D eigenvalue weighted by atomic mass is 16.7. The first-order chi connectivity index (χ1) is 24.5. The van der Waals surface area contributed by atoms with Gasteiger partial charge in [-0.2, -0.15) is 5.01 Å². The van der Waals surface area contributed by atoms with E-state index in [2.05, 4.69) is 29.7 Å². The minimum Gasteiger partial charge on any atom is -0.737 e. The molecule has 0 saturated carbocycles. The second kappa shape index (κ2) is 29.1. The Bertz CT molecular complexity index is 1480. The molecular formula is C25H40N13O14-. The summed E-state index contributed by atoms with van der Waals surface area (Å²) in [4.78, 5) is 61.0. The van der Waals surface area contributed by atoms with Gasteiger partial charge in [0.15, 0.2) is 0 Å². The van der Waals surface area contributed by atoms with E-state index in [1.807, 2.05) is 0 Å². The average molecular weight is 747 g/mol. The van der Waals surface area contributed by atoms with E-state index in [-0.39, 0.29) is 27.1 Å². The molecule has 0 atom stereocenters. The molecule has 0 spiro atoms. The SMILES string of the molecule is CCN(CC)/[N+]([O-])=N/Oc1ccc([N+](=O)[O-])cc1[N+](=O)[O-].CCN(CC)/[N+]([O-])=N/[O-].CCNCC.Cc1ccc([N+](=O)[O-])cc1[N+](=O)[O-].O=NN=O. The first-order valence-corrected chi connectivity index (χ1v) is 14.8. The highest BCUT2D eigenvalue weighted by Crippen LogP contribution is 2.31. The lowest BCUT2D eigenvalue weighted by Gasteiger charge is -2.14. The number of nitro benzene ring substituents is 4. The molecule has 0 aromatic heterocycles. The van der Waals surface area contributed by atoms with Crippen molar-refractivity contribution < 1.29 is 34.5 Å². The van der Waals surface area contributed by atoms with Crippen LogP contribution in [-0.4, -0.2) is 78.9 Å². The van der Waals surface area contributed by atoms with Gasteiger partial charge in [0.05, 0.1) is 63.0 Å². The van der Waals surface area contributed by atoms with E-state index >= 15 is 0 Å². The molecule has 0 unspecified atom stereocenters. The summed E-state index contributed by atoms with van der Waals surface area (Å²) < 4.78 is 0. The molecule has 0 aliphatic rings. The van der Waals surface area contributed by atoms with Crippen molar-refractivity contribution in [3.05, 3.63) is 108 Å². The predicted molar refractivity (Wildman–Crippen MR) is 182 cm³/mol. The van der Waals surface area contributed by atoms with E-state index in [1.165, 1.54) is 29.1 Å². The van der Waals surface area contributed by atoms with E-state index in [0.717, 1.165) is 37.4 Å². The van der Waals surface area contributed by atoms with Gasteiger partial charge in [-0.3, -0.25) is 45.3 Å². The normalized spacial score (nSPS) is 10.1. The van der Waals surface area contributed by atoms with Crippen molar-refractivity contribution in [2.75, 3.05) is 39.3 Å². The summed E-state index contributed by atoms with van der Waals surface area (Å²) in [5, 5.41) is 87.6. The number of hydrazine groups is 2. The molecule has 27 nitrogen and oxygen atoms in total. The Morgan fingerprint density at radius 3 is 1.35 bits per heavy atom. The third-order valence-corrected chi connectivity index (χ3v) is 5.71. The Kier molecular flexibility index (Phi) is 27.8. The molecule has 0 fully saturated rings. The minimum absolute atomic E-state index is 0.0556. The molecule has 0 saturated heterocycles. The summed E-state index contributed by atoms with van der Waals surface area (Å²) in [6.45, 7) is 16.7. The van der Waals surface area contributed by atoms with Gasteiger partial charge in [0.25, 0.3) is 17.1 Å². The Hall–Kier alpha value is -6.80. The third kappa shape index (κ3) is 20.5. The van der Waals surface area contributed by atoms with Gasteiger partial charge in [-0.1, -0.05) is 13.8 Å². The van der Waals surface area contributed by atoms with Gasteiger partial charge in [-0.15, -0.1) is 14.8 Å². The molecule has 1 N–H and O–H groups in total. The number of rotatable bonds is 15. The zero-order chi connectivity index (χ0) is 40.8. The van der Waals surface area contributed by atoms with Crippen LogP contribution in [0.25, 0.3) is 0 Å². The molecule has 290 valence electrons. The lowest BCUT2D eigenvalue weighted by atomic mass is 10.2. The zero-order valence-corrected chi connectivity index (χ0v) is 29.3. The van der Waals surface area contributed by atoms with Crippen molar-refractivity contribution in [1.29, 1.82) is 0 Å². The van der Waals surface area contributed by atoms with Crippen LogP contribution in [-0.2, 0) is 0 Å². The molecule has 0 radical (unpaired) electrons. The van der Waals surface area contributed by atoms with Crippen molar-refractivity contribution in [2.45, 2.75) is 48.5 Å². The summed E-state index contributed by atoms with van der Waals surface area (Å²) in [6, 6.07) is 6.31. The predicted octanol–water partition coefficient (Wildman–Crippen LogP) is 5.58. The smallest absolute Gasteiger partial charge is 0.321 e. The average Bonchev–Trinajstić information content (AvgIpc) is 3.12. The van der Waals surface area contributed by atoms with Crippen LogP contribution in [0.1, 0.15) is 47.1 Å². The molecule has 0 bridgehead atoms. The van der Waals surface area contributed by atoms with Crippen LogP contribution in [0.5, 0.6) is 5.75 Å². The lowest BCUT2D eigenvalue weighted by molar-refractivity contribution is -0.706. The highest BCUT2D eigenvalue weighted by molar-refractivity contribution is 5.53. The van der Waals surface area contributed by atoms with Crippen LogP contribution in [0, 0.1) is 72.8 Å². The third-order valence-electron chi connectivity index (χ3n) is 5.71.